The summed E-state index contributed by atoms with van der Waals surface area (Å²) >= 11 is 0. The van der Waals surface area contributed by atoms with Crippen LogP contribution in [-0.2, 0) is 0 Å². The van der Waals surface area contributed by atoms with Crippen molar-refractivity contribution in [2.45, 2.75) is 71.4 Å². The quantitative estimate of drug-likeness (QED) is 0.760. The van der Waals surface area contributed by atoms with Gasteiger partial charge in [0.1, 0.15) is 0 Å². The average Bonchev–Trinajstić information content (AvgIpc) is 2.70. The minimum absolute atomic E-state index is 0.740. The Bertz CT molecular complexity index is 272. The van der Waals surface area contributed by atoms with Gasteiger partial charge >= 0.3 is 0 Å². The van der Waals surface area contributed by atoms with Gasteiger partial charge in [0, 0.05) is 44.8 Å². The fourth-order valence-electron chi connectivity index (χ4n) is 4.09. The van der Waals surface area contributed by atoms with Crippen LogP contribution in [0.25, 0.3) is 0 Å². The molecule has 21 heavy (non-hydrogen) atoms. The lowest BCUT2D eigenvalue weighted by molar-refractivity contribution is 0.0695. The molecule has 0 amide bonds. The fraction of sp³-hybridized carbons (Fsp3) is 1.00. The normalized spacial score (nSPS) is 29.7. The van der Waals surface area contributed by atoms with Crippen molar-refractivity contribution in [3.8, 4) is 0 Å². The lowest BCUT2D eigenvalue weighted by atomic mass is 10.00. The van der Waals surface area contributed by atoms with E-state index >= 15 is 0 Å². The van der Waals surface area contributed by atoms with Gasteiger partial charge in [-0.1, -0.05) is 40.0 Å². The second-order valence-electron chi connectivity index (χ2n) is 7.50. The van der Waals surface area contributed by atoms with Crippen molar-refractivity contribution < 1.29 is 0 Å². The average molecular weight is 296 g/mol. The maximum absolute atomic E-state index is 3.85. The minimum Gasteiger partial charge on any atom is -0.312 e. The lowest BCUT2D eigenvalue weighted by Gasteiger charge is -2.42. The molecule has 0 aromatic rings. The van der Waals surface area contributed by atoms with Crippen LogP contribution in [0.3, 0.4) is 0 Å². The van der Waals surface area contributed by atoms with Gasteiger partial charge in [-0.15, -0.1) is 0 Å². The van der Waals surface area contributed by atoms with Crippen LogP contribution < -0.4 is 5.32 Å². The summed E-state index contributed by atoms with van der Waals surface area (Å²) in [4.78, 5) is 5.46. The van der Waals surface area contributed by atoms with E-state index in [0.29, 0.717) is 0 Å². The molecule has 2 aliphatic rings. The van der Waals surface area contributed by atoms with E-state index in [-0.39, 0.29) is 0 Å². The third-order valence-corrected chi connectivity index (χ3v) is 5.14. The molecule has 2 atom stereocenters. The van der Waals surface area contributed by atoms with Crippen molar-refractivity contribution in [1.82, 2.24) is 15.1 Å². The van der Waals surface area contributed by atoms with Crippen LogP contribution in [0.5, 0.6) is 0 Å². The van der Waals surface area contributed by atoms with Crippen LogP contribution in [0.2, 0.25) is 0 Å². The highest BCUT2D eigenvalue weighted by atomic mass is 15.3. The summed E-state index contributed by atoms with van der Waals surface area (Å²) in [5.74, 6) is 0.799. The van der Waals surface area contributed by atoms with Crippen molar-refractivity contribution in [2.24, 2.45) is 5.92 Å². The van der Waals surface area contributed by atoms with Crippen LogP contribution in [0.15, 0.2) is 0 Å². The number of nitrogens with zero attached hydrogens (tertiary/aromatic N) is 2. The van der Waals surface area contributed by atoms with E-state index in [1.807, 2.05) is 0 Å². The van der Waals surface area contributed by atoms with Crippen LogP contribution in [-0.4, -0.2) is 61.2 Å². The molecule has 2 rings (SSSR count). The molecule has 0 aromatic heterocycles. The molecule has 1 saturated carbocycles. The molecule has 0 bridgehead atoms. The van der Waals surface area contributed by atoms with E-state index in [1.165, 1.54) is 77.8 Å². The molecule has 1 aliphatic heterocycles. The van der Waals surface area contributed by atoms with E-state index in [1.54, 1.807) is 0 Å². The molecule has 2 unspecified atom stereocenters. The Labute approximate surface area is 132 Å². The smallest absolute Gasteiger partial charge is 0.0250 e. The Balaban J connectivity index is 1.85. The molecule has 1 N–H and O–H groups in total. The molecule has 2 fully saturated rings. The molecular formula is C18H37N3. The first-order chi connectivity index (χ1) is 10.2. The number of hydrogen-bond donors (Lipinski definition) is 1. The summed E-state index contributed by atoms with van der Waals surface area (Å²) in [6.45, 7) is 14.5. The summed E-state index contributed by atoms with van der Waals surface area (Å²) < 4.78 is 0. The van der Waals surface area contributed by atoms with Crippen molar-refractivity contribution >= 4 is 0 Å². The van der Waals surface area contributed by atoms with E-state index < -0.39 is 0 Å². The second kappa shape index (κ2) is 9.12. The summed E-state index contributed by atoms with van der Waals surface area (Å²) in [6.07, 6.45) is 8.34. The zero-order chi connectivity index (χ0) is 15.1. The number of hydrogen-bond acceptors (Lipinski definition) is 3. The van der Waals surface area contributed by atoms with Crippen LogP contribution >= 0.6 is 0 Å². The van der Waals surface area contributed by atoms with Crippen molar-refractivity contribution in [2.75, 3.05) is 39.3 Å². The number of piperazine rings is 1. The Hall–Kier alpha value is -0.120. The Kier molecular flexibility index (Phi) is 7.48. The Morgan fingerprint density at radius 2 is 1.71 bits per heavy atom. The largest absolute Gasteiger partial charge is 0.312 e. The SMILES string of the molecule is CCCNC1CCCCCC1N1CCN(CC(C)C)CC1. The predicted octanol–water partition coefficient (Wildman–Crippen LogP) is 2.96. The number of rotatable bonds is 6. The maximum Gasteiger partial charge on any atom is 0.0250 e. The molecule has 1 aliphatic carbocycles. The maximum atomic E-state index is 3.85. The predicted molar refractivity (Wildman–Crippen MR) is 91.8 cm³/mol. The third kappa shape index (κ3) is 5.54. The van der Waals surface area contributed by atoms with Crippen LogP contribution in [0.4, 0.5) is 0 Å². The van der Waals surface area contributed by atoms with Gasteiger partial charge in [0.05, 0.1) is 0 Å². The summed E-state index contributed by atoms with van der Waals surface area (Å²) in [6, 6.07) is 1.53. The summed E-state index contributed by atoms with van der Waals surface area (Å²) in [7, 11) is 0. The van der Waals surface area contributed by atoms with Gasteiger partial charge in [-0.25, -0.2) is 0 Å². The van der Waals surface area contributed by atoms with Crippen molar-refractivity contribution in [1.29, 1.82) is 0 Å². The standard InChI is InChI=1S/C18H37N3/c1-4-10-19-17-8-6-5-7-9-18(17)21-13-11-20(12-14-21)15-16(2)3/h16-19H,4-15H2,1-3H3. The van der Waals surface area contributed by atoms with Gasteiger partial charge in [-0.05, 0) is 31.7 Å². The summed E-state index contributed by atoms with van der Waals surface area (Å²) in [5, 5.41) is 3.85. The first-order valence-corrected chi connectivity index (χ1v) is 9.40. The first-order valence-electron chi connectivity index (χ1n) is 9.40. The Morgan fingerprint density at radius 3 is 2.38 bits per heavy atom. The van der Waals surface area contributed by atoms with E-state index in [9.17, 15) is 0 Å². The zero-order valence-electron chi connectivity index (χ0n) is 14.6. The third-order valence-electron chi connectivity index (χ3n) is 5.14. The lowest BCUT2D eigenvalue weighted by Crippen LogP contribution is -2.56. The van der Waals surface area contributed by atoms with E-state index in [0.717, 1.165) is 18.0 Å². The van der Waals surface area contributed by atoms with E-state index in [4.69, 9.17) is 0 Å². The minimum atomic E-state index is 0.740. The highest BCUT2D eigenvalue weighted by Gasteiger charge is 2.30. The van der Waals surface area contributed by atoms with Gasteiger partial charge in [0.2, 0.25) is 0 Å². The molecule has 0 aromatic carbocycles. The molecular weight excluding hydrogens is 258 g/mol. The molecule has 124 valence electrons. The second-order valence-corrected chi connectivity index (χ2v) is 7.50. The van der Waals surface area contributed by atoms with E-state index in [2.05, 4.69) is 35.9 Å². The molecule has 0 radical (unpaired) electrons. The van der Waals surface area contributed by atoms with Crippen molar-refractivity contribution in [3.63, 3.8) is 0 Å². The van der Waals surface area contributed by atoms with Crippen molar-refractivity contribution in [3.05, 3.63) is 0 Å². The van der Waals surface area contributed by atoms with Gasteiger partial charge < -0.3 is 10.2 Å². The highest BCUT2D eigenvalue weighted by molar-refractivity contribution is 4.89. The van der Waals surface area contributed by atoms with Gasteiger partial charge in [-0.2, -0.15) is 0 Å². The molecule has 1 saturated heterocycles. The molecule has 0 spiro atoms. The van der Waals surface area contributed by atoms with Gasteiger partial charge in [0.15, 0.2) is 0 Å². The molecule has 3 nitrogen and oxygen atoms in total. The highest BCUT2D eigenvalue weighted by Crippen LogP contribution is 2.24. The first kappa shape index (κ1) is 17.2. The number of nitrogens with one attached hydrogen (secondary N) is 1. The van der Waals surface area contributed by atoms with Gasteiger partial charge in [-0.3, -0.25) is 4.90 Å². The fourth-order valence-corrected chi connectivity index (χ4v) is 4.09. The molecule has 1 heterocycles. The van der Waals surface area contributed by atoms with Crippen LogP contribution in [0.1, 0.15) is 59.3 Å². The monoisotopic (exact) mass is 295 g/mol. The Morgan fingerprint density at radius 1 is 1.00 bits per heavy atom. The van der Waals surface area contributed by atoms with Crippen LogP contribution in [0, 0.1) is 5.92 Å². The zero-order valence-corrected chi connectivity index (χ0v) is 14.6. The summed E-state index contributed by atoms with van der Waals surface area (Å²) in [5.41, 5.74) is 0. The topological polar surface area (TPSA) is 18.5 Å². The van der Waals surface area contributed by atoms with Gasteiger partial charge in [0.25, 0.3) is 0 Å². The molecule has 3 heteroatoms.